The molecular formula is C21H19F3N6OS. The van der Waals surface area contributed by atoms with Crippen LogP contribution < -0.4 is 0 Å². The maximum atomic E-state index is 13.3. The van der Waals surface area contributed by atoms with Gasteiger partial charge in [0.15, 0.2) is 5.69 Å². The standard InChI is InChI=1S/C21H19F3N6OS/c1-11-12(4-5-14-19(11)32-10-25-14)20(31)30-7-6-13-15(9-30)26-29(3)18(13)16-8-17(21(22,23)24)27-28(16)2/h4-5,8,10H,6-7,9H2,1-3H3. The van der Waals surface area contributed by atoms with Gasteiger partial charge in [0.25, 0.3) is 5.91 Å². The molecule has 1 aliphatic heterocycles. The first-order chi connectivity index (χ1) is 15.1. The molecule has 7 nitrogen and oxygen atoms in total. The lowest BCUT2D eigenvalue weighted by Gasteiger charge is -2.27. The molecule has 0 saturated heterocycles. The van der Waals surface area contributed by atoms with Crippen LogP contribution in [0.1, 0.15) is 32.9 Å². The van der Waals surface area contributed by atoms with Crippen molar-refractivity contribution < 1.29 is 18.0 Å². The Bertz CT molecular complexity index is 1370. The maximum Gasteiger partial charge on any atom is 0.435 e. The lowest BCUT2D eigenvalue weighted by molar-refractivity contribution is -0.141. The zero-order chi connectivity index (χ0) is 22.8. The van der Waals surface area contributed by atoms with E-state index in [-0.39, 0.29) is 5.91 Å². The number of alkyl halides is 3. The number of thiazole rings is 1. The molecule has 0 spiro atoms. The van der Waals surface area contributed by atoms with E-state index in [1.165, 1.54) is 23.1 Å². The van der Waals surface area contributed by atoms with Crippen LogP contribution in [0.2, 0.25) is 0 Å². The van der Waals surface area contributed by atoms with Crippen LogP contribution in [0.3, 0.4) is 0 Å². The van der Waals surface area contributed by atoms with E-state index >= 15 is 0 Å². The highest BCUT2D eigenvalue weighted by Gasteiger charge is 2.36. The normalized spacial score (nSPS) is 14.2. The first-order valence-corrected chi connectivity index (χ1v) is 10.8. The number of carbonyl (C=O) groups is 1. The molecule has 4 heterocycles. The number of benzene rings is 1. The number of fused-ring (bicyclic) bond motifs is 2. The molecule has 0 aliphatic carbocycles. The summed E-state index contributed by atoms with van der Waals surface area (Å²) in [5.74, 6) is -0.0875. The average molecular weight is 460 g/mol. The average Bonchev–Trinajstić information content (AvgIpc) is 3.43. The van der Waals surface area contributed by atoms with Crippen LogP contribution in [0.4, 0.5) is 13.2 Å². The second-order valence-corrected chi connectivity index (χ2v) is 8.70. The van der Waals surface area contributed by atoms with Crippen LogP contribution in [0.15, 0.2) is 23.7 Å². The van der Waals surface area contributed by atoms with Gasteiger partial charge in [-0.3, -0.25) is 14.2 Å². The molecule has 5 rings (SSSR count). The topological polar surface area (TPSA) is 68.8 Å². The van der Waals surface area contributed by atoms with E-state index in [0.717, 1.165) is 27.4 Å². The van der Waals surface area contributed by atoms with Crippen molar-refractivity contribution in [1.29, 1.82) is 0 Å². The number of nitrogens with zero attached hydrogens (tertiary/aromatic N) is 6. The number of rotatable bonds is 2. The van der Waals surface area contributed by atoms with Gasteiger partial charge < -0.3 is 4.90 Å². The van der Waals surface area contributed by atoms with E-state index in [1.54, 1.807) is 28.2 Å². The maximum absolute atomic E-state index is 13.3. The van der Waals surface area contributed by atoms with Crippen LogP contribution in [-0.2, 0) is 33.2 Å². The fourth-order valence-electron chi connectivity index (χ4n) is 4.31. The number of amides is 1. The molecule has 3 aromatic heterocycles. The Morgan fingerprint density at radius 2 is 1.94 bits per heavy atom. The summed E-state index contributed by atoms with van der Waals surface area (Å²) < 4.78 is 43.2. The molecule has 0 atom stereocenters. The number of carbonyl (C=O) groups excluding carboxylic acids is 1. The van der Waals surface area contributed by atoms with E-state index < -0.39 is 11.9 Å². The number of halogens is 3. The zero-order valence-corrected chi connectivity index (χ0v) is 18.4. The summed E-state index contributed by atoms with van der Waals surface area (Å²) in [6.45, 7) is 2.67. The highest BCUT2D eigenvalue weighted by atomic mass is 32.1. The summed E-state index contributed by atoms with van der Waals surface area (Å²) in [6, 6.07) is 4.69. The third kappa shape index (κ3) is 3.19. The van der Waals surface area contributed by atoms with Crippen LogP contribution in [0.5, 0.6) is 0 Å². The van der Waals surface area contributed by atoms with Gasteiger partial charge in [-0.15, -0.1) is 11.3 Å². The quantitative estimate of drug-likeness (QED) is 0.454. The van der Waals surface area contributed by atoms with Crippen LogP contribution in [0, 0.1) is 6.92 Å². The third-order valence-corrected chi connectivity index (χ3v) is 6.84. The van der Waals surface area contributed by atoms with E-state index in [2.05, 4.69) is 15.2 Å². The van der Waals surface area contributed by atoms with Crippen molar-refractivity contribution in [2.24, 2.45) is 14.1 Å². The van der Waals surface area contributed by atoms with Crippen molar-refractivity contribution >= 4 is 27.5 Å². The van der Waals surface area contributed by atoms with Gasteiger partial charge in [0, 0.05) is 31.8 Å². The molecule has 0 fully saturated rings. The Kier molecular flexibility index (Phi) is 4.63. The Balaban J connectivity index is 1.47. The molecule has 1 aliphatic rings. The minimum Gasteiger partial charge on any atom is -0.332 e. The summed E-state index contributed by atoms with van der Waals surface area (Å²) >= 11 is 1.50. The molecule has 32 heavy (non-hydrogen) atoms. The molecule has 1 aromatic carbocycles. The van der Waals surface area contributed by atoms with Gasteiger partial charge in [0.05, 0.1) is 39.4 Å². The monoisotopic (exact) mass is 460 g/mol. The molecule has 0 radical (unpaired) electrons. The molecule has 0 saturated carbocycles. The predicted octanol–water partition coefficient (Wildman–Crippen LogP) is 3.96. The van der Waals surface area contributed by atoms with Gasteiger partial charge in [-0.2, -0.15) is 23.4 Å². The molecular weight excluding hydrogens is 441 g/mol. The van der Waals surface area contributed by atoms with E-state index in [0.29, 0.717) is 42.2 Å². The van der Waals surface area contributed by atoms with E-state index in [1.807, 2.05) is 13.0 Å². The number of aromatic nitrogens is 5. The van der Waals surface area contributed by atoms with Gasteiger partial charge in [-0.05, 0) is 37.1 Å². The van der Waals surface area contributed by atoms with E-state index in [4.69, 9.17) is 0 Å². The summed E-state index contributed by atoms with van der Waals surface area (Å²) in [6.07, 6.45) is -4.02. The van der Waals surface area contributed by atoms with Gasteiger partial charge in [0.1, 0.15) is 0 Å². The minimum absolute atomic E-state index is 0.0875. The summed E-state index contributed by atoms with van der Waals surface area (Å²) in [5, 5.41) is 8.15. The predicted molar refractivity (Wildman–Crippen MR) is 113 cm³/mol. The molecule has 166 valence electrons. The SMILES string of the molecule is Cc1c(C(=O)N2CCc3c(nn(C)c3-c3cc(C(F)(F)F)nn3C)C2)ccc2ncsc12. The fraction of sp³-hybridized carbons (Fsp3) is 0.333. The van der Waals surface area contributed by atoms with Crippen LogP contribution in [-0.4, -0.2) is 41.9 Å². The lowest BCUT2D eigenvalue weighted by atomic mass is 10.0. The second kappa shape index (κ2) is 7.16. The van der Waals surface area contributed by atoms with Gasteiger partial charge in [0.2, 0.25) is 0 Å². The first kappa shape index (κ1) is 20.7. The molecule has 1 amide bonds. The largest absolute Gasteiger partial charge is 0.435 e. The Morgan fingerprint density at radius 3 is 2.66 bits per heavy atom. The van der Waals surface area contributed by atoms with Gasteiger partial charge >= 0.3 is 6.18 Å². The molecule has 0 unspecified atom stereocenters. The molecule has 0 N–H and O–H groups in total. The molecule has 11 heteroatoms. The Labute approximate surface area is 185 Å². The van der Waals surface area contributed by atoms with Gasteiger partial charge in [-0.1, -0.05) is 0 Å². The zero-order valence-electron chi connectivity index (χ0n) is 17.6. The van der Waals surface area contributed by atoms with E-state index in [9.17, 15) is 18.0 Å². The summed E-state index contributed by atoms with van der Waals surface area (Å²) in [5.41, 5.74) is 5.70. The molecule has 4 aromatic rings. The van der Waals surface area contributed by atoms with Crippen molar-refractivity contribution in [2.45, 2.75) is 26.1 Å². The van der Waals surface area contributed by atoms with Crippen molar-refractivity contribution in [2.75, 3.05) is 6.54 Å². The van der Waals surface area contributed by atoms with Gasteiger partial charge in [-0.25, -0.2) is 4.98 Å². The minimum atomic E-state index is -4.52. The number of hydrogen-bond acceptors (Lipinski definition) is 5. The molecule has 0 bridgehead atoms. The van der Waals surface area contributed by atoms with Crippen molar-refractivity contribution in [3.63, 3.8) is 0 Å². The highest BCUT2D eigenvalue weighted by Crippen LogP contribution is 2.35. The summed E-state index contributed by atoms with van der Waals surface area (Å²) in [4.78, 5) is 19.3. The first-order valence-electron chi connectivity index (χ1n) is 9.93. The number of hydrogen-bond donors (Lipinski definition) is 0. The van der Waals surface area contributed by atoms with Crippen LogP contribution in [0.25, 0.3) is 21.6 Å². The third-order valence-electron chi connectivity index (χ3n) is 5.88. The fourth-order valence-corrected chi connectivity index (χ4v) is 5.11. The van der Waals surface area contributed by atoms with Crippen LogP contribution >= 0.6 is 11.3 Å². The highest BCUT2D eigenvalue weighted by molar-refractivity contribution is 7.17. The van der Waals surface area contributed by atoms with Crippen molar-refractivity contribution in [1.82, 2.24) is 29.4 Å². The van der Waals surface area contributed by atoms with Crippen molar-refractivity contribution in [3.8, 4) is 11.4 Å². The Morgan fingerprint density at radius 1 is 1.16 bits per heavy atom. The Hall–Kier alpha value is -3.21. The summed E-state index contributed by atoms with van der Waals surface area (Å²) in [7, 11) is 3.18. The number of aryl methyl sites for hydroxylation is 3. The second-order valence-electron chi connectivity index (χ2n) is 7.85. The van der Waals surface area contributed by atoms with Crippen molar-refractivity contribution in [3.05, 3.63) is 51.8 Å². The lowest BCUT2D eigenvalue weighted by Crippen LogP contribution is -2.36. The smallest absolute Gasteiger partial charge is 0.332 e.